The van der Waals surface area contributed by atoms with Crippen LogP contribution in [0.5, 0.6) is 0 Å². The molecule has 2 fully saturated rings. The minimum absolute atomic E-state index is 0.0118. The van der Waals surface area contributed by atoms with Crippen LogP contribution in [0.25, 0.3) is 0 Å². The van der Waals surface area contributed by atoms with Crippen LogP contribution in [0.1, 0.15) is 39.5 Å². The second-order valence-corrected chi connectivity index (χ2v) is 6.67. The highest BCUT2D eigenvalue weighted by Crippen LogP contribution is 2.32. The number of nitrogens with one attached hydrogen (secondary N) is 1. The summed E-state index contributed by atoms with van der Waals surface area (Å²) < 4.78 is 0. The number of carboxylic acids is 1. The Morgan fingerprint density at radius 3 is 2.57 bits per heavy atom. The van der Waals surface area contributed by atoms with Gasteiger partial charge in [0.1, 0.15) is 6.04 Å². The van der Waals surface area contributed by atoms with E-state index in [2.05, 4.69) is 5.32 Å². The topological polar surface area (TPSA) is 86.7 Å². The first-order valence-electron chi connectivity index (χ1n) is 7.67. The number of carbonyl (C=O) groups is 3. The molecule has 21 heavy (non-hydrogen) atoms. The van der Waals surface area contributed by atoms with Crippen LogP contribution in [-0.4, -0.2) is 46.9 Å². The number of carbonyl (C=O) groups excluding carboxylic acids is 2. The molecule has 2 N–H and O–H groups in total. The molecule has 1 saturated carbocycles. The molecule has 1 saturated heterocycles. The fourth-order valence-electron chi connectivity index (χ4n) is 2.72. The van der Waals surface area contributed by atoms with Gasteiger partial charge in [0.25, 0.3) is 0 Å². The molecule has 0 aromatic heterocycles. The fraction of sp³-hybridized carbons (Fsp3) is 0.800. The van der Waals surface area contributed by atoms with Crippen molar-refractivity contribution in [2.75, 3.05) is 13.1 Å². The SMILES string of the molecule is CC(C)C[C@H](NC(=O)C1CC(=O)N(CC2CC2)C1)C(=O)O. The quantitative estimate of drug-likeness (QED) is 0.729. The van der Waals surface area contributed by atoms with Gasteiger partial charge >= 0.3 is 5.97 Å². The fourth-order valence-corrected chi connectivity index (χ4v) is 2.72. The van der Waals surface area contributed by atoms with Crippen LogP contribution in [-0.2, 0) is 14.4 Å². The number of rotatable bonds is 7. The maximum Gasteiger partial charge on any atom is 0.326 e. The van der Waals surface area contributed by atoms with Crippen LogP contribution in [0.3, 0.4) is 0 Å². The molecule has 6 heteroatoms. The molecule has 1 aliphatic carbocycles. The Kier molecular flexibility index (Phi) is 4.85. The summed E-state index contributed by atoms with van der Waals surface area (Å²) in [6.45, 7) is 5.00. The predicted molar refractivity (Wildman–Crippen MR) is 76.4 cm³/mol. The van der Waals surface area contributed by atoms with Crippen LogP contribution >= 0.6 is 0 Å². The average Bonchev–Trinajstić information content (AvgIpc) is 3.11. The van der Waals surface area contributed by atoms with Gasteiger partial charge < -0.3 is 15.3 Å². The molecule has 2 rings (SSSR count). The first-order chi connectivity index (χ1) is 9.86. The Morgan fingerprint density at radius 1 is 1.38 bits per heavy atom. The minimum Gasteiger partial charge on any atom is -0.480 e. The second-order valence-electron chi connectivity index (χ2n) is 6.67. The standard InChI is InChI=1S/C15H24N2O4/c1-9(2)5-12(15(20)21)16-14(19)11-6-13(18)17(8-11)7-10-3-4-10/h9-12H,3-8H2,1-2H3,(H,16,19)(H,20,21)/t11?,12-/m0/s1. The molecule has 0 spiro atoms. The van der Waals surface area contributed by atoms with Gasteiger partial charge in [-0.2, -0.15) is 0 Å². The molecule has 2 amide bonds. The number of hydrogen-bond donors (Lipinski definition) is 2. The number of nitrogens with zero attached hydrogens (tertiary/aromatic N) is 1. The van der Waals surface area contributed by atoms with Crippen molar-refractivity contribution in [1.29, 1.82) is 0 Å². The molecule has 0 radical (unpaired) electrons. The highest BCUT2D eigenvalue weighted by molar-refractivity contribution is 5.91. The molecule has 1 aliphatic heterocycles. The lowest BCUT2D eigenvalue weighted by molar-refractivity contribution is -0.142. The summed E-state index contributed by atoms with van der Waals surface area (Å²) in [6, 6.07) is -0.870. The number of aliphatic carboxylic acids is 1. The maximum absolute atomic E-state index is 12.2. The predicted octanol–water partition coefficient (Wildman–Crippen LogP) is 0.860. The molecule has 0 aromatic rings. The van der Waals surface area contributed by atoms with Gasteiger partial charge in [-0.05, 0) is 31.1 Å². The number of carboxylic acid groups (broad SMARTS) is 1. The third-order valence-electron chi connectivity index (χ3n) is 4.08. The Morgan fingerprint density at radius 2 is 2.05 bits per heavy atom. The van der Waals surface area contributed by atoms with Gasteiger partial charge in [-0.25, -0.2) is 4.79 Å². The molecule has 1 heterocycles. The summed E-state index contributed by atoms with van der Waals surface area (Å²) in [5.74, 6) is -0.944. The van der Waals surface area contributed by atoms with Crippen LogP contribution in [0.4, 0.5) is 0 Å². The van der Waals surface area contributed by atoms with Crippen molar-refractivity contribution in [3.8, 4) is 0 Å². The molecule has 118 valence electrons. The van der Waals surface area contributed by atoms with Gasteiger partial charge in [-0.1, -0.05) is 13.8 Å². The summed E-state index contributed by atoms with van der Waals surface area (Å²) in [5, 5.41) is 11.7. The van der Waals surface area contributed by atoms with E-state index >= 15 is 0 Å². The van der Waals surface area contributed by atoms with E-state index < -0.39 is 17.9 Å². The van der Waals surface area contributed by atoms with Gasteiger partial charge in [-0.3, -0.25) is 9.59 Å². The van der Waals surface area contributed by atoms with E-state index in [0.29, 0.717) is 18.9 Å². The highest BCUT2D eigenvalue weighted by atomic mass is 16.4. The summed E-state index contributed by atoms with van der Waals surface area (Å²) >= 11 is 0. The van der Waals surface area contributed by atoms with Gasteiger partial charge in [0.15, 0.2) is 0 Å². The van der Waals surface area contributed by atoms with Crippen molar-refractivity contribution in [2.24, 2.45) is 17.8 Å². The van der Waals surface area contributed by atoms with Crippen molar-refractivity contribution < 1.29 is 19.5 Å². The molecular weight excluding hydrogens is 272 g/mol. The minimum atomic E-state index is -1.02. The maximum atomic E-state index is 12.2. The van der Waals surface area contributed by atoms with Gasteiger partial charge in [0, 0.05) is 19.5 Å². The third kappa shape index (κ3) is 4.44. The van der Waals surface area contributed by atoms with Crippen molar-refractivity contribution in [3.05, 3.63) is 0 Å². The zero-order valence-electron chi connectivity index (χ0n) is 12.7. The zero-order chi connectivity index (χ0) is 15.6. The van der Waals surface area contributed by atoms with Gasteiger partial charge in [-0.15, -0.1) is 0 Å². The molecule has 6 nitrogen and oxygen atoms in total. The lowest BCUT2D eigenvalue weighted by atomic mass is 10.0. The van der Waals surface area contributed by atoms with Gasteiger partial charge in [0.2, 0.25) is 11.8 Å². The van der Waals surface area contributed by atoms with Crippen molar-refractivity contribution in [1.82, 2.24) is 10.2 Å². The summed E-state index contributed by atoms with van der Waals surface area (Å²) in [6.07, 6.45) is 2.92. The van der Waals surface area contributed by atoms with E-state index in [-0.39, 0.29) is 24.2 Å². The first kappa shape index (κ1) is 15.8. The summed E-state index contributed by atoms with van der Waals surface area (Å²) in [4.78, 5) is 37.0. The van der Waals surface area contributed by atoms with Crippen LogP contribution < -0.4 is 5.32 Å². The lowest BCUT2D eigenvalue weighted by Gasteiger charge is -2.19. The summed E-state index contributed by atoms with van der Waals surface area (Å²) in [5.41, 5.74) is 0. The molecule has 2 atom stereocenters. The first-order valence-corrected chi connectivity index (χ1v) is 7.67. The Hall–Kier alpha value is -1.59. The van der Waals surface area contributed by atoms with Gasteiger partial charge in [0.05, 0.1) is 5.92 Å². The second kappa shape index (κ2) is 6.45. The van der Waals surface area contributed by atoms with Crippen LogP contribution in [0, 0.1) is 17.8 Å². The summed E-state index contributed by atoms with van der Waals surface area (Å²) in [7, 11) is 0. The van der Waals surface area contributed by atoms with E-state index in [9.17, 15) is 14.4 Å². The normalized spacial score (nSPS) is 23.5. The van der Waals surface area contributed by atoms with Crippen molar-refractivity contribution >= 4 is 17.8 Å². The molecular formula is C15H24N2O4. The van der Waals surface area contributed by atoms with Crippen molar-refractivity contribution in [2.45, 2.75) is 45.6 Å². The smallest absolute Gasteiger partial charge is 0.326 e. The molecule has 1 unspecified atom stereocenters. The average molecular weight is 296 g/mol. The van der Waals surface area contributed by atoms with Crippen LogP contribution in [0.2, 0.25) is 0 Å². The molecule has 0 aromatic carbocycles. The largest absolute Gasteiger partial charge is 0.480 e. The number of likely N-dealkylation sites (tertiary alicyclic amines) is 1. The van der Waals surface area contributed by atoms with Crippen LogP contribution in [0.15, 0.2) is 0 Å². The number of hydrogen-bond acceptors (Lipinski definition) is 3. The van der Waals surface area contributed by atoms with E-state index in [1.165, 1.54) is 0 Å². The molecule has 0 bridgehead atoms. The van der Waals surface area contributed by atoms with E-state index in [0.717, 1.165) is 19.4 Å². The van der Waals surface area contributed by atoms with E-state index in [1.807, 2.05) is 13.8 Å². The monoisotopic (exact) mass is 296 g/mol. The number of amides is 2. The zero-order valence-corrected chi connectivity index (χ0v) is 12.7. The molecule has 2 aliphatic rings. The Bertz CT molecular complexity index is 431. The highest BCUT2D eigenvalue weighted by Gasteiger charge is 2.38. The van der Waals surface area contributed by atoms with Crippen molar-refractivity contribution in [3.63, 3.8) is 0 Å². The third-order valence-corrected chi connectivity index (χ3v) is 4.08. The Labute approximate surface area is 124 Å². The Balaban J connectivity index is 1.87. The van der Waals surface area contributed by atoms with E-state index in [4.69, 9.17) is 5.11 Å². The lowest BCUT2D eigenvalue weighted by Crippen LogP contribution is -2.44. The van der Waals surface area contributed by atoms with E-state index in [1.54, 1.807) is 4.90 Å².